The van der Waals surface area contributed by atoms with Crippen molar-refractivity contribution in [2.45, 2.75) is 37.4 Å². The Hall–Kier alpha value is -1.90. The van der Waals surface area contributed by atoms with E-state index in [0.29, 0.717) is 51.0 Å². The number of nitrogens with one attached hydrogen (secondary N) is 1. The number of rotatable bonds is 3. The number of morpholine rings is 1. The van der Waals surface area contributed by atoms with E-state index in [4.69, 9.17) is 18.9 Å². The van der Waals surface area contributed by atoms with Crippen molar-refractivity contribution in [2.75, 3.05) is 51.4 Å². The Morgan fingerprint density at radius 1 is 1.21 bits per heavy atom. The van der Waals surface area contributed by atoms with E-state index in [1.807, 2.05) is 0 Å². The molecule has 154 valence electrons. The van der Waals surface area contributed by atoms with Gasteiger partial charge in [0.1, 0.15) is 23.3 Å². The average Bonchev–Trinajstić information content (AvgIpc) is 2.71. The van der Waals surface area contributed by atoms with Gasteiger partial charge in [0, 0.05) is 32.1 Å². The van der Waals surface area contributed by atoms with Gasteiger partial charge in [-0.15, -0.1) is 0 Å². The van der Waals surface area contributed by atoms with Crippen LogP contribution in [-0.2, 0) is 14.2 Å². The molecular weight excluding hydrogens is 367 g/mol. The fourth-order valence-corrected chi connectivity index (χ4v) is 3.95. The van der Waals surface area contributed by atoms with Crippen LogP contribution in [0.1, 0.15) is 25.7 Å². The number of urea groups is 1. The lowest BCUT2D eigenvalue weighted by molar-refractivity contribution is -0.159. The van der Waals surface area contributed by atoms with Crippen LogP contribution in [0.15, 0.2) is 18.2 Å². The van der Waals surface area contributed by atoms with Crippen LogP contribution in [-0.4, -0.2) is 68.8 Å². The molecule has 3 aliphatic rings. The topological polar surface area (TPSA) is 69.3 Å². The second-order valence-electron chi connectivity index (χ2n) is 7.61. The molecule has 28 heavy (non-hydrogen) atoms. The van der Waals surface area contributed by atoms with Gasteiger partial charge in [-0.1, -0.05) is 0 Å². The summed E-state index contributed by atoms with van der Waals surface area (Å²) in [6.45, 7) is 3.96. The molecule has 3 fully saturated rings. The molecule has 1 atom stereocenters. The fraction of sp³-hybridized carbons (Fsp3) is 0.650. The SMILES string of the molecule is O=C(Nc1ccc(F)cc1OC1CCOCC1)N1CCOC2(CCCOC2)C1. The number of benzene rings is 1. The quantitative estimate of drug-likeness (QED) is 0.854. The van der Waals surface area contributed by atoms with Crippen molar-refractivity contribution in [3.05, 3.63) is 24.0 Å². The summed E-state index contributed by atoms with van der Waals surface area (Å²) in [5.41, 5.74) is 0.0521. The standard InChI is InChI=1S/C20H27FN2O5/c21-15-2-3-17(18(12-15)28-16-4-9-25-10-5-16)22-19(24)23-7-11-27-20(13-23)6-1-8-26-14-20/h2-3,12,16H,1,4-11,13-14H2,(H,22,24). The third-order valence-corrected chi connectivity index (χ3v) is 5.47. The third-order valence-electron chi connectivity index (χ3n) is 5.47. The molecule has 0 aliphatic carbocycles. The summed E-state index contributed by atoms with van der Waals surface area (Å²) in [7, 11) is 0. The summed E-state index contributed by atoms with van der Waals surface area (Å²) >= 11 is 0. The van der Waals surface area contributed by atoms with E-state index in [1.165, 1.54) is 12.1 Å². The minimum absolute atomic E-state index is 0.0442. The highest BCUT2D eigenvalue weighted by molar-refractivity contribution is 5.91. The first kappa shape index (κ1) is 19.4. The zero-order valence-electron chi connectivity index (χ0n) is 16.0. The largest absolute Gasteiger partial charge is 0.488 e. The van der Waals surface area contributed by atoms with Crippen LogP contribution in [0.25, 0.3) is 0 Å². The molecule has 4 rings (SSSR count). The average molecular weight is 394 g/mol. The van der Waals surface area contributed by atoms with Gasteiger partial charge in [0.15, 0.2) is 0 Å². The maximum absolute atomic E-state index is 13.8. The molecule has 1 aromatic rings. The molecule has 0 bridgehead atoms. The lowest BCUT2D eigenvalue weighted by Crippen LogP contribution is -2.58. The van der Waals surface area contributed by atoms with Gasteiger partial charge in [-0.05, 0) is 25.0 Å². The molecule has 1 aromatic carbocycles. The normalized spacial score (nSPS) is 26.2. The van der Waals surface area contributed by atoms with Gasteiger partial charge >= 0.3 is 6.03 Å². The smallest absolute Gasteiger partial charge is 0.322 e. The number of hydrogen-bond donors (Lipinski definition) is 1. The number of hydrogen-bond acceptors (Lipinski definition) is 5. The highest BCUT2D eigenvalue weighted by Crippen LogP contribution is 2.31. The number of halogens is 1. The van der Waals surface area contributed by atoms with Crippen LogP contribution in [0.5, 0.6) is 5.75 Å². The van der Waals surface area contributed by atoms with Crippen molar-refractivity contribution in [3.8, 4) is 5.75 Å². The van der Waals surface area contributed by atoms with Gasteiger partial charge in [0.25, 0.3) is 0 Å². The van der Waals surface area contributed by atoms with Gasteiger partial charge < -0.3 is 29.2 Å². The van der Waals surface area contributed by atoms with Gasteiger partial charge in [-0.3, -0.25) is 0 Å². The lowest BCUT2D eigenvalue weighted by Gasteiger charge is -2.44. The Labute approximate surface area is 164 Å². The number of anilines is 1. The Morgan fingerprint density at radius 2 is 2.07 bits per heavy atom. The van der Waals surface area contributed by atoms with Crippen LogP contribution < -0.4 is 10.1 Å². The molecule has 3 saturated heterocycles. The molecule has 1 N–H and O–H groups in total. The first-order valence-electron chi connectivity index (χ1n) is 9.95. The van der Waals surface area contributed by atoms with Crippen molar-refractivity contribution in [1.29, 1.82) is 0 Å². The Kier molecular flexibility index (Phi) is 5.99. The van der Waals surface area contributed by atoms with E-state index in [1.54, 1.807) is 11.0 Å². The Morgan fingerprint density at radius 3 is 2.86 bits per heavy atom. The van der Waals surface area contributed by atoms with Crippen molar-refractivity contribution < 1.29 is 28.1 Å². The van der Waals surface area contributed by atoms with E-state index < -0.39 is 11.4 Å². The van der Waals surface area contributed by atoms with Gasteiger partial charge in [-0.25, -0.2) is 9.18 Å². The molecule has 0 radical (unpaired) electrons. The van der Waals surface area contributed by atoms with Crippen LogP contribution in [0.2, 0.25) is 0 Å². The second kappa shape index (κ2) is 8.63. The van der Waals surface area contributed by atoms with Gasteiger partial charge in [0.2, 0.25) is 0 Å². The first-order valence-corrected chi connectivity index (χ1v) is 9.95. The number of carbonyl (C=O) groups is 1. The van der Waals surface area contributed by atoms with Gasteiger partial charge in [-0.2, -0.15) is 0 Å². The van der Waals surface area contributed by atoms with E-state index >= 15 is 0 Å². The fourth-order valence-electron chi connectivity index (χ4n) is 3.95. The predicted molar refractivity (Wildman–Crippen MR) is 100 cm³/mol. The van der Waals surface area contributed by atoms with Crippen molar-refractivity contribution >= 4 is 11.7 Å². The summed E-state index contributed by atoms with van der Waals surface area (Å²) in [4.78, 5) is 14.6. The predicted octanol–water partition coefficient (Wildman–Crippen LogP) is 2.80. The summed E-state index contributed by atoms with van der Waals surface area (Å²) in [5, 5.41) is 2.89. The van der Waals surface area contributed by atoms with Gasteiger partial charge in [0.05, 0.1) is 38.7 Å². The summed E-state index contributed by atoms with van der Waals surface area (Å²) in [6, 6.07) is 3.95. The molecule has 0 saturated carbocycles. The molecule has 2 amide bonds. The zero-order chi connectivity index (χ0) is 19.4. The third kappa shape index (κ3) is 4.56. The first-order chi connectivity index (χ1) is 13.6. The summed E-state index contributed by atoms with van der Waals surface area (Å²) in [6.07, 6.45) is 3.26. The van der Waals surface area contributed by atoms with E-state index in [9.17, 15) is 9.18 Å². The molecule has 0 aromatic heterocycles. The van der Waals surface area contributed by atoms with Crippen molar-refractivity contribution in [3.63, 3.8) is 0 Å². The second-order valence-corrected chi connectivity index (χ2v) is 7.61. The zero-order valence-corrected chi connectivity index (χ0v) is 16.0. The van der Waals surface area contributed by atoms with Crippen molar-refractivity contribution in [2.24, 2.45) is 0 Å². The number of carbonyl (C=O) groups excluding carboxylic acids is 1. The molecule has 8 heteroatoms. The monoisotopic (exact) mass is 394 g/mol. The van der Waals surface area contributed by atoms with Crippen LogP contribution >= 0.6 is 0 Å². The molecule has 7 nitrogen and oxygen atoms in total. The molecule has 3 heterocycles. The van der Waals surface area contributed by atoms with Crippen LogP contribution in [0.3, 0.4) is 0 Å². The minimum atomic E-state index is -0.419. The highest BCUT2D eigenvalue weighted by atomic mass is 19.1. The van der Waals surface area contributed by atoms with Crippen LogP contribution in [0, 0.1) is 5.82 Å². The minimum Gasteiger partial charge on any atom is -0.488 e. The molecule has 3 aliphatic heterocycles. The maximum atomic E-state index is 13.8. The van der Waals surface area contributed by atoms with E-state index in [0.717, 1.165) is 32.3 Å². The van der Waals surface area contributed by atoms with E-state index in [-0.39, 0.29) is 12.1 Å². The highest BCUT2D eigenvalue weighted by Gasteiger charge is 2.40. The molecular formula is C20H27FN2O5. The summed E-state index contributed by atoms with van der Waals surface area (Å²) < 4.78 is 36.6. The Bertz CT molecular complexity index is 684. The lowest BCUT2D eigenvalue weighted by atomic mass is 9.94. The van der Waals surface area contributed by atoms with Crippen molar-refractivity contribution in [1.82, 2.24) is 4.90 Å². The number of nitrogens with zero attached hydrogens (tertiary/aromatic N) is 1. The maximum Gasteiger partial charge on any atom is 0.322 e. The molecule has 1 unspecified atom stereocenters. The molecule has 1 spiro atoms. The van der Waals surface area contributed by atoms with E-state index in [2.05, 4.69) is 5.32 Å². The summed E-state index contributed by atoms with van der Waals surface area (Å²) in [5.74, 6) is -0.0473. The number of ether oxygens (including phenoxy) is 4. The Balaban J connectivity index is 1.43. The number of amides is 2. The van der Waals surface area contributed by atoms with Crippen LogP contribution in [0.4, 0.5) is 14.9 Å².